The van der Waals surface area contributed by atoms with E-state index in [1.807, 2.05) is 6.08 Å². The predicted octanol–water partition coefficient (Wildman–Crippen LogP) is 11.1. The molecule has 0 fully saturated rings. The van der Waals surface area contributed by atoms with Crippen molar-refractivity contribution in [3.8, 4) is 0 Å². The SMILES string of the molecule is CCCCCC/C=C/C(O)C(CO)NC(=O)CCCCCCCCCCCCCCC/C=C\C/C=C\CCCCCCC. The number of hydrogen-bond acceptors (Lipinski definition) is 3. The maximum absolute atomic E-state index is 12.2. The molecule has 2 atom stereocenters. The highest BCUT2D eigenvalue weighted by Gasteiger charge is 2.17. The fourth-order valence-corrected chi connectivity index (χ4v) is 5.44. The molecule has 2 unspecified atom stereocenters. The Hall–Kier alpha value is -1.39. The number of amides is 1. The summed E-state index contributed by atoms with van der Waals surface area (Å²) < 4.78 is 0. The van der Waals surface area contributed by atoms with Crippen molar-refractivity contribution in [2.75, 3.05) is 6.61 Å². The summed E-state index contributed by atoms with van der Waals surface area (Å²) >= 11 is 0. The summed E-state index contributed by atoms with van der Waals surface area (Å²) in [6.45, 7) is 4.22. The number of nitrogens with one attached hydrogen (secondary N) is 1. The van der Waals surface area contributed by atoms with E-state index in [9.17, 15) is 15.0 Å². The van der Waals surface area contributed by atoms with Crippen LogP contribution in [0.25, 0.3) is 0 Å². The molecule has 0 aromatic rings. The fourth-order valence-electron chi connectivity index (χ4n) is 5.44. The Balaban J connectivity index is 3.47. The van der Waals surface area contributed by atoms with Crippen LogP contribution in [0.2, 0.25) is 0 Å². The summed E-state index contributed by atoms with van der Waals surface area (Å²) in [6, 6.07) is -0.617. The first-order valence-corrected chi connectivity index (χ1v) is 18.7. The lowest BCUT2D eigenvalue weighted by atomic mass is 10.0. The molecule has 0 aromatic heterocycles. The van der Waals surface area contributed by atoms with Gasteiger partial charge in [-0.2, -0.15) is 0 Å². The highest BCUT2D eigenvalue weighted by molar-refractivity contribution is 5.76. The van der Waals surface area contributed by atoms with Crippen molar-refractivity contribution in [2.24, 2.45) is 0 Å². The number of hydrogen-bond donors (Lipinski definition) is 3. The molecular formula is C39H73NO3. The number of rotatable bonds is 33. The average Bonchev–Trinajstić information content (AvgIpc) is 3.01. The van der Waals surface area contributed by atoms with Gasteiger partial charge in [0.1, 0.15) is 0 Å². The van der Waals surface area contributed by atoms with Gasteiger partial charge < -0.3 is 15.5 Å². The molecule has 0 spiro atoms. The van der Waals surface area contributed by atoms with E-state index >= 15 is 0 Å². The van der Waals surface area contributed by atoms with Crippen molar-refractivity contribution < 1.29 is 15.0 Å². The van der Waals surface area contributed by atoms with Crippen molar-refractivity contribution in [3.05, 3.63) is 36.5 Å². The standard InChI is InChI=1S/C39H73NO3/c1-3-5-7-9-11-12-13-14-15-16-17-18-19-20-21-22-23-24-25-26-27-28-29-31-33-35-39(43)40-37(36-41)38(42)34-32-30-10-8-6-4-2/h13-14,16-17,32,34,37-38,41-42H,3-12,15,18-31,33,35-36H2,1-2H3,(H,40,43)/b14-13-,17-16-,34-32+. The van der Waals surface area contributed by atoms with E-state index in [1.165, 1.54) is 135 Å². The van der Waals surface area contributed by atoms with Crippen LogP contribution in [-0.2, 0) is 4.79 Å². The molecule has 252 valence electrons. The van der Waals surface area contributed by atoms with Crippen LogP contribution >= 0.6 is 0 Å². The fraction of sp³-hybridized carbons (Fsp3) is 0.821. The third kappa shape index (κ3) is 31.8. The normalized spacial score (nSPS) is 13.5. The second-order valence-electron chi connectivity index (χ2n) is 12.6. The highest BCUT2D eigenvalue weighted by atomic mass is 16.3. The second-order valence-corrected chi connectivity index (χ2v) is 12.6. The molecule has 3 N–H and O–H groups in total. The summed E-state index contributed by atoms with van der Waals surface area (Å²) in [6.07, 6.45) is 45.4. The van der Waals surface area contributed by atoms with E-state index in [1.54, 1.807) is 6.08 Å². The molecule has 0 saturated carbocycles. The maximum atomic E-state index is 12.2. The van der Waals surface area contributed by atoms with Crippen LogP contribution in [0.4, 0.5) is 0 Å². The van der Waals surface area contributed by atoms with E-state index in [4.69, 9.17) is 0 Å². The smallest absolute Gasteiger partial charge is 0.220 e. The molecule has 1 amide bonds. The van der Waals surface area contributed by atoms with Crippen LogP contribution < -0.4 is 5.32 Å². The van der Waals surface area contributed by atoms with Gasteiger partial charge in [-0.3, -0.25) is 4.79 Å². The number of carbonyl (C=O) groups is 1. The molecule has 0 saturated heterocycles. The zero-order valence-corrected chi connectivity index (χ0v) is 28.7. The lowest BCUT2D eigenvalue weighted by molar-refractivity contribution is -0.123. The molecule has 43 heavy (non-hydrogen) atoms. The largest absolute Gasteiger partial charge is 0.394 e. The topological polar surface area (TPSA) is 69.6 Å². The Bertz CT molecular complexity index is 657. The van der Waals surface area contributed by atoms with E-state index in [0.29, 0.717) is 6.42 Å². The average molecular weight is 604 g/mol. The Morgan fingerprint density at radius 2 is 0.953 bits per heavy atom. The molecule has 0 radical (unpaired) electrons. The van der Waals surface area contributed by atoms with Gasteiger partial charge in [0.2, 0.25) is 5.91 Å². The Kier molecular flexibility index (Phi) is 34.0. The van der Waals surface area contributed by atoms with Crippen molar-refractivity contribution >= 4 is 5.91 Å². The van der Waals surface area contributed by atoms with E-state index < -0.39 is 12.1 Å². The first-order valence-electron chi connectivity index (χ1n) is 18.7. The molecule has 4 heteroatoms. The zero-order chi connectivity index (χ0) is 31.5. The van der Waals surface area contributed by atoms with Gasteiger partial charge in [0, 0.05) is 6.42 Å². The summed E-state index contributed by atoms with van der Waals surface area (Å²) in [4.78, 5) is 12.2. The van der Waals surface area contributed by atoms with Gasteiger partial charge in [-0.05, 0) is 51.4 Å². The molecule has 4 nitrogen and oxygen atoms in total. The number of unbranched alkanes of at least 4 members (excludes halogenated alkanes) is 22. The van der Waals surface area contributed by atoms with Gasteiger partial charge >= 0.3 is 0 Å². The van der Waals surface area contributed by atoms with Gasteiger partial charge in [0.05, 0.1) is 18.8 Å². The van der Waals surface area contributed by atoms with Gasteiger partial charge in [0.25, 0.3) is 0 Å². The summed E-state index contributed by atoms with van der Waals surface area (Å²) in [7, 11) is 0. The quantitative estimate of drug-likeness (QED) is 0.0516. The minimum Gasteiger partial charge on any atom is -0.394 e. The predicted molar refractivity (Wildman–Crippen MR) is 188 cm³/mol. The molecule has 0 bridgehead atoms. The van der Waals surface area contributed by atoms with Crippen LogP contribution in [0, 0.1) is 0 Å². The summed E-state index contributed by atoms with van der Waals surface area (Å²) in [5.41, 5.74) is 0. The lowest BCUT2D eigenvalue weighted by Crippen LogP contribution is -2.45. The molecule has 0 aliphatic rings. The third-order valence-corrected chi connectivity index (χ3v) is 8.37. The second kappa shape index (κ2) is 35.1. The first-order chi connectivity index (χ1) is 21.2. The van der Waals surface area contributed by atoms with Crippen LogP contribution in [0.5, 0.6) is 0 Å². The zero-order valence-electron chi connectivity index (χ0n) is 28.7. The van der Waals surface area contributed by atoms with E-state index in [2.05, 4.69) is 43.5 Å². The van der Waals surface area contributed by atoms with Gasteiger partial charge in [-0.25, -0.2) is 0 Å². The van der Waals surface area contributed by atoms with Gasteiger partial charge in [0.15, 0.2) is 0 Å². The third-order valence-electron chi connectivity index (χ3n) is 8.37. The van der Waals surface area contributed by atoms with Crippen LogP contribution in [0.1, 0.15) is 187 Å². The van der Waals surface area contributed by atoms with Crippen LogP contribution in [0.15, 0.2) is 36.5 Å². The van der Waals surface area contributed by atoms with E-state index in [-0.39, 0.29) is 12.5 Å². The maximum Gasteiger partial charge on any atom is 0.220 e. The summed E-state index contributed by atoms with van der Waals surface area (Å²) in [5.74, 6) is -0.0718. The number of allylic oxidation sites excluding steroid dienone is 5. The van der Waals surface area contributed by atoms with E-state index in [0.717, 1.165) is 32.1 Å². The molecule has 0 aliphatic heterocycles. The lowest BCUT2D eigenvalue weighted by Gasteiger charge is -2.20. The molecular weight excluding hydrogens is 530 g/mol. The van der Waals surface area contributed by atoms with Crippen LogP contribution in [-0.4, -0.2) is 34.9 Å². The van der Waals surface area contributed by atoms with Crippen molar-refractivity contribution in [2.45, 2.75) is 199 Å². The first kappa shape index (κ1) is 41.6. The molecule has 0 heterocycles. The minimum absolute atomic E-state index is 0.0718. The molecule has 0 aliphatic carbocycles. The molecule has 0 rings (SSSR count). The monoisotopic (exact) mass is 604 g/mol. The Labute approximate surface area is 268 Å². The van der Waals surface area contributed by atoms with Crippen molar-refractivity contribution in [1.29, 1.82) is 0 Å². The number of aliphatic hydroxyl groups is 2. The minimum atomic E-state index is -0.834. The Morgan fingerprint density at radius 3 is 1.42 bits per heavy atom. The van der Waals surface area contributed by atoms with Crippen LogP contribution in [0.3, 0.4) is 0 Å². The summed E-state index contributed by atoms with van der Waals surface area (Å²) in [5, 5.41) is 22.6. The highest BCUT2D eigenvalue weighted by Crippen LogP contribution is 2.14. The number of aliphatic hydroxyl groups excluding tert-OH is 2. The number of carbonyl (C=O) groups excluding carboxylic acids is 1. The van der Waals surface area contributed by atoms with Gasteiger partial charge in [-0.1, -0.05) is 166 Å². The van der Waals surface area contributed by atoms with Crippen molar-refractivity contribution in [1.82, 2.24) is 5.32 Å². The Morgan fingerprint density at radius 1 is 0.558 bits per heavy atom. The van der Waals surface area contributed by atoms with Crippen molar-refractivity contribution in [3.63, 3.8) is 0 Å². The van der Waals surface area contributed by atoms with Gasteiger partial charge in [-0.15, -0.1) is 0 Å². The molecule has 0 aromatic carbocycles.